The summed E-state index contributed by atoms with van der Waals surface area (Å²) in [7, 11) is 0. The van der Waals surface area contributed by atoms with Gasteiger partial charge < -0.3 is 10.7 Å². The number of amides is 1. The molecule has 0 aliphatic carbocycles. The predicted molar refractivity (Wildman–Crippen MR) is 73.3 cm³/mol. The van der Waals surface area contributed by atoms with Crippen molar-refractivity contribution in [2.75, 3.05) is 10.7 Å². The van der Waals surface area contributed by atoms with E-state index in [9.17, 15) is 9.18 Å². The number of nitrogens with zero attached hydrogens (tertiary/aromatic N) is 1. The summed E-state index contributed by atoms with van der Waals surface area (Å²) in [6, 6.07) is 12.5. The van der Waals surface area contributed by atoms with E-state index in [1.165, 1.54) is 18.2 Å². The number of nitrogens with two attached hydrogens (primary N) is 1. The van der Waals surface area contributed by atoms with Gasteiger partial charge in [-0.1, -0.05) is 18.2 Å². The van der Waals surface area contributed by atoms with E-state index >= 15 is 0 Å². The maximum atomic E-state index is 13.5. The number of para-hydroxylation sites is 2. The summed E-state index contributed by atoms with van der Waals surface area (Å²) in [6.07, 6.45) is 0. The first kappa shape index (κ1) is 13.5. The molecule has 6 heteroatoms. The molecule has 0 saturated heterocycles. The minimum Gasteiger partial charge on any atom is -0.321 e. The third-order valence-electron chi connectivity index (χ3n) is 2.70. The average molecular weight is 270 g/mol. The van der Waals surface area contributed by atoms with E-state index in [-0.39, 0.29) is 11.3 Å². The zero-order valence-corrected chi connectivity index (χ0v) is 10.4. The smallest absolute Gasteiger partial charge is 0.257 e. The molecule has 2 aromatic rings. The fourth-order valence-electron chi connectivity index (χ4n) is 1.74. The second-order valence-electron chi connectivity index (χ2n) is 3.92. The molecule has 0 radical (unpaired) electrons. The largest absolute Gasteiger partial charge is 0.321 e. The number of carbonyl (C=O) groups is 1. The van der Waals surface area contributed by atoms with Crippen molar-refractivity contribution >= 4 is 17.3 Å². The number of benzene rings is 2. The quantitative estimate of drug-likeness (QED) is 0.589. The van der Waals surface area contributed by atoms with E-state index in [0.717, 1.165) is 0 Å². The summed E-state index contributed by atoms with van der Waals surface area (Å²) in [4.78, 5) is 12.1. The zero-order valence-electron chi connectivity index (χ0n) is 10.4. The summed E-state index contributed by atoms with van der Waals surface area (Å²) >= 11 is 0. The molecule has 2 rings (SSSR count). The third kappa shape index (κ3) is 2.58. The minimum absolute atomic E-state index is 0.0558. The van der Waals surface area contributed by atoms with Crippen molar-refractivity contribution in [3.63, 3.8) is 0 Å². The zero-order chi connectivity index (χ0) is 14.5. The van der Waals surface area contributed by atoms with Gasteiger partial charge in [-0.05, 0) is 24.3 Å². The molecule has 0 aromatic heterocycles. The number of halogens is 1. The van der Waals surface area contributed by atoms with Crippen LogP contribution in [-0.4, -0.2) is 5.91 Å². The van der Waals surface area contributed by atoms with Crippen molar-refractivity contribution in [2.45, 2.75) is 0 Å². The van der Waals surface area contributed by atoms with Gasteiger partial charge in [-0.15, -0.1) is 0 Å². The molecule has 4 N–H and O–H groups in total. The first-order valence-electron chi connectivity index (χ1n) is 5.73. The number of hydrazine groups is 1. The number of carbonyl (C=O) groups excluding carboxylic acids is 1. The highest BCUT2D eigenvalue weighted by molar-refractivity contribution is 6.08. The Balaban J connectivity index is 2.34. The monoisotopic (exact) mass is 270 g/mol. The molecular weight excluding hydrogens is 259 g/mol. The number of hydrogen-bond acceptors (Lipinski definition) is 4. The number of nitrogens with one attached hydrogen (secondary N) is 2. The Kier molecular flexibility index (Phi) is 3.93. The van der Waals surface area contributed by atoms with Gasteiger partial charge in [0.2, 0.25) is 0 Å². The maximum Gasteiger partial charge on any atom is 0.257 e. The van der Waals surface area contributed by atoms with Crippen LogP contribution in [0.2, 0.25) is 0 Å². The molecule has 0 atom stereocenters. The molecule has 5 nitrogen and oxygen atoms in total. The van der Waals surface area contributed by atoms with Crippen LogP contribution in [0.5, 0.6) is 0 Å². The van der Waals surface area contributed by atoms with Crippen molar-refractivity contribution < 1.29 is 9.18 Å². The van der Waals surface area contributed by atoms with Crippen LogP contribution in [-0.2, 0) is 0 Å². The topological polar surface area (TPSA) is 90.9 Å². The van der Waals surface area contributed by atoms with Crippen LogP contribution >= 0.6 is 0 Å². The van der Waals surface area contributed by atoms with Gasteiger partial charge in [0.1, 0.15) is 11.9 Å². The second-order valence-corrected chi connectivity index (χ2v) is 3.92. The number of hydrogen-bond donors (Lipinski definition) is 3. The number of nitrogen functional groups attached to an aromatic ring is 1. The van der Waals surface area contributed by atoms with Crippen LogP contribution in [0.3, 0.4) is 0 Å². The minimum atomic E-state index is -0.631. The summed E-state index contributed by atoms with van der Waals surface area (Å²) in [5.74, 6) is 4.03. The van der Waals surface area contributed by atoms with Gasteiger partial charge in [-0.25, -0.2) is 4.39 Å². The molecule has 0 aliphatic rings. The van der Waals surface area contributed by atoms with E-state index in [4.69, 9.17) is 11.1 Å². The molecule has 100 valence electrons. The molecule has 0 saturated carbocycles. The number of anilines is 2. The van der Waals surface area contributed by atoms with E-state index < -0.39 is 11.7 Å². The maximum absolute atomic E-state index is 13.5. The summed E-state index contributed by atoms with van der Waals surface area (Å²) in [6.45, 7) is 0. The van der Waals surface area contributed by atoms with Gasteiger partial charge in [-0.3, -0.25) is 10.6 Å². The lowest BCUT2D eigenvalue weighted by molar-refractivity contribution is 0.102. The molecular formula is C14H11FN4O. The first-order valence-corrected chi connectivity index (χ1v) is 5.73. The Hall–Kier alpha value is -2.91. The first-order chi connectivity index (χ1) is 9.67. The van der Waals surface area contributed by atoms with Gasteiger partial charge in [0, 0.05) is 0 Å². The van der Waals surface area contributed by atoms with Crippen LogP contribution in [0.25, 0.3) is 0 Å². The standard InChI is InChI=1S/C14H11FN4O/c15-11-6-3-5-10(13(11)19-17)14(20)18-12-7-2-1-4-9(12)8-16/h1-7,19H,17H2,(H,18,20). The van der Waals surface area contributed by atoms with Gasteiger partial charge in [-0.2, -0.15) is 5.26 Å². The molecule has 20 heavy (non-hydrogen) atoms. The highest BCUT2D eigenvalue weighted by atomic mass is 19.1. The van der Waals surface area contributed by atoms with Crippen molar-refractivity contribution in [3.05, 3.63) is 59.4 Å². The van der Waals surface area contributed by atoms with E-state index in [0.29, 0.717) is 11.3 Å². The average Bonchev–Trinajstić information content (AvgIpc) is 2.47. The highest BCUT2D eigenvalue weighted by Crippen LogP contribution is 2.21. The van der Waals surface area contributed by atoms with Crippen molar-refractivity contribution in [3.8, 4) is 6.07 Å². The Bertz CT molecular complexity index is 694. The molecule has 0 spiro atoms. The Labute approximate surface area is 114 Å². The molecule has 0 bridgehead atoms. The normalized spacial score (nSPS) is 9.65. The van der Waals surface area contributed by atoms with Crippen molar-refractivity contribution in [1.29, 1.82) is 5.26 Å². The summed E-state index contributed by atoms with van der Waals surface area (Å²) in [5.41, 5.74) is 2.79. The van der Waals surface area contributed by atoms with Gasteiger partial charge >= 0.3 is 0 Å². The van der Waals surface area contributed by atoms with Gasteiger partial charge in [0.25, 0.3) is 5.91 Å². The fraction of sp³-hybridized carbons (Fsp3) is 0. The van der Waals surface area contributed by atoms with Gasteiger partial charge in [0.05, 0.1) is 22.5 Å². The lowest BCUT2D eigenvalue weighted by atomic mass is 10.1. The molecule has 0 aliphatic heterocycles. The second kappa shape index (κ2) is 5.82. The van der Waals surface area contributed by atoms with Crippen LogP contribution in [0.1, 0.15) is 15.9 Å². The van der Waals surface area contributed by atoms with Crippen LogP contribution in [0, 0.1) is 17.1 Å². The van der Waals surface area contributed by atoms with Crippen molar-refractivity contribution in [2.24, 2.45) is 5.84 Å². The molecule has 0 unspecified atom stereocenters. The van der Waals surface area contributed by atoms with Crippen molar-refractivity contribution in [1.82, 2.24) is 0 Å². The third-order valence-corrected chi connectivity index (χ3v) is 2.70. The molecule has 1 amide bonds. The Morgan fingerprint density at radius 2 is 1.95 bits per heavy atom. The SMILES string of the molecule is N#Cc1ccccc1NC(=O)c1cccc(F)c1NN. The lowest BCUT2D eigenvalue weighted by Gasteiger charge is -2.11. The fourth-order valence-corrected chi connectivity index (χ4v) is 1.74. The van der Waals surface area contributed by atoms with E-state index in [1.807, 2.05) is 6.07 Å². The number of nitriles is 1. The van der Waals surface area contributed by atoms with Crippen LogP contribution in [0.15, 0.2) is 42.5 Å². The van der Waals surface area contributed by atoms with Crippen LogP contribution < -0.4 is 16.6 Å². The van der Waals surface area contributed by atoms with Gasteiger partial charge in [0.15, 0.2) is 0 Å². The summed E-state index contributed by atoms with van der Waals surface area (Å²) in [5, 5.41) is 11.5. The Morgan fingerprint density at radius 3 is 2.65 bits per heavy atom. The molecule has 0 fully saturated rings. The summed E-state index contributed by atoms with van der Waals surface area (Å²) < 4.78 is 13.5. The molecule has 0 heterocycles. The highest BCUT2D eigenvalue weighted by Gasteiger charge is 2.15. The van der Waals surface area contributed by atoms with E-state index in [2.05, 4.69) is 10.7 Å². The Morgan fingerprint density at radius 1 is 1.20 bits per heavy atom. The number of rotatable bonds is 3. The van der Waals surface area contributed by atoms with Crippen LogP contribution in [0.4, 0.5) is 15.8 Å². The van der Waals surface area contributed by atoms with E-state index in [1.54, 1.807) is 24.3 Å². The lowest BCUT2D eigenvalue weighted by Crippen LogP contribution is -2.18. The predicted octanol–water partition coefficient (Wildman–Crippen LogP) is 2.24. The molecule has 2 aromatic carbocycles.